The SMILES string of the molecule is N=C(N)N=S. The summed E-state index contributed by atoms with van der Waals surface area (Å²) < 4.78 is 2.83. The summed E-state index contributed by atoms with van der Waals surface area (Å²) in [6.45, 7) is 0. The van der Waals surface area contributed by atoms with Crippen molar-refractivity contribution < 1.29 is 0 Å². The van der Waals surface area contributed by atoms with Gasteiger partial charge < -0.3 is 5.73 Å². The summed E-state index contributed by atoms with van der Waals surface area (Å²) >= 11 is 3.95. The molecule has 0 aliphatic rings. The quantitative estimate of drug-likeness (QED) is 0.313. The summed E-state index contributed by atoms with van der Waals surface area (Å²) in [5, 5.41) is 6.25. The number of guanidine groups is 1. The van der Waals surface area contributed by atoms with Crippen molar-refractivity contribution in [2.45, 2.75) is 0 Å². The maximum absolute atomic E-state index is 6.25. The average molecular weight is 89.1 g/mol. The highest BCUT2D eigenvalue weighted by Gasteiger charge is 1.65. The van der Waals surface area contributed by atoms with Crippen LogP contribution in [0.4, 0.5) is 0 Å². The average Bonchev–Trinajstić information content (AvgIpc) is 1.38. The second-order valence-corrected chi connectivity index (χ2v) is 0.659. The fourth-order valence-electron chi connectivity index (χ4n) is 0. The van der Waals surface area contributed by atoms with E-state index < -0.39 is 0 Å². The monoisotopic (exact) mass is 89.0 g/mol. The van der Waals surface area contributed by atoms with Crippen LogP contribution in [0.5, 0.6) is 0 Å². The molecule has 0 atom stereocenters. The first-order valence-corrected chi connectivity index (χ1v) is 1.31. The molecular formula is CH3N3S. The molecule has 0 rings (SSSR count). The van der Waals surface area contributed by atoms with Crippen LogP contribution in [0.1, 0.15) is 0 Å². The van der Waals surface area contributed by atoms with Gasteiger partial charge in [-0.1, -0.05) is 0 Å². The molecule has 0 heterocycles. The normalized spacial score (nSPS) is 6.40. The summed E-state index contributed by atoms with van der Waals surface area (Å²) in [7, 11) is 0. The fraction of sp³-hybridized carbons (Fsp3) is 0. The minimum absolute atomic E-state index is 0.306. The van der Waals surface area contributed by atoms with E-state index in [1.165, 1.54) is 0 Å². The Bertz CT molecular complexity index is 57.9. The first-order chi connectivity index (χ1) is 2.27. The third-order valence-corrected chi connectivity index (χ3v) is 0.295. The van der Waals surface area contributed by atoms with Crippen LogP contribution in [0.2, 0.25) is 0 Å². The molecule has 0 bridgehead atoms. The molecule has 0 aromatic carbocycles. The predicted octanol–water partition coefficient (Wildman–Crippen LogP) is -0.390. The van der Waals surface area contributed by atoms with Crippen LogP contribution in [0.3, 0.4) is 0 Å². The fourth-order valence-corrected chi connectivity index (χ4v) is 0. The van der Waals surface area contributed by atoms with Crippen LogP contribution in [-0.4, -0.2) is 5.96 Å². The van der Waals surface area contributed by atoms with Crippen LogP contribution in [-0.2, 0) is 12.4 Å². The molecule has 0 amide bonds. The highest BCUT2D eigenvalue weighted by atomic mass is 32.1. The van der Waals surface area contributed by atoms with Gasteiger partial charge in [-0.05, 0) is 0 Å². The molecule has 5 heavy (non-hydrogen) atoms. The van der Waals surface area contributed by atoms with Crippen molar-refractivity contribution >= 4 is 18.4 Å². The minimum atomic E-state index is -0.306. The van der Waals surface area contributed by atoms with Gasteiger partial charge in [-0.2, -0.15) is 0 Å². The van der Waals surface area contributed by atoms with Gasteiger partial charge in [0.2, 0.25) is 5.96 Å². The zero-order valence-electron chi connectivity index (χ0n) is 2.43. The maximum atomic E-state index is 6.25. The molecule has 0 spiro atoms. The van der Waals surface area contributed by atoms with Crippen molar-refractivity contribution in [1.82, 2.24) is 0 Å². The number of rotatable bonds is 0. The van der Waals surface area contributed by atoms with Gasteiger partial charge in [0.15, 0.2) is 0 Å². The molecule has 0 aromatic heterocycles. The molecule has 0 fully saturated rings. The van der Waals surface area contributed by atoms with E-state index in [2.05, 4.69) is 22.5 Å². The molecule has 0 saturated carbocycles. The Hall–Kier alpha value is -0.510. The molecule has 3 nitrogen and oxygen atoms in total. The van der Waals surface area contributed by atoms with E-state index in [9.17, 15) is 0 Å². The van der Waals surface area contributed by atoms with E-state index in [0.29, 0.717) is 0 Å². The Kier molecular flexibility index (Phi) is 1.60. The summed E-state index contributed by atoms with van der Waals surface area (Å²) in [5.74, 6) is -0.306. The third-order valence-electron chi connectivity index (χ3n) is 0.0983. The predicted molar refractivity (Wildman–Crippen MR) is 21.7 cm³/mol. The van der Waals surface area contributed by atoms with Crippen molar-refractivity contribution in [2.75, 3.05) is 0 Å². The molecule has 4 heteroatoms. The molecular weight excluding hydrogens is 86.1 g/mol. The van der Waals surface area contributed by atoms with Gasteiger partial charge in [0.1, 0.15) is 0 Å². The van der Waals surface area contributed by atoms with Crippen LogP contribution in [0.15, 0.2) is 4.36 Å². The Morgan fingerprint density at radius 3 is 2.20 bits per heavy atom. The molecule has 0 aliphatic carbocycles. The van der Waals surface area contributed by atoms with Crippen LogP contribution in [0, 0.1) is 5.41 Å². The van der Waals surface area contributed by atoms with E-state index in [1.807, 2.05) is 0 Å². The van der Waals surface area contributed by atoms with Gasteiger partial charge in [-0.15, -0.1) is 4.36 Å². The molecule has 0 aromatic rings. The summed E-state index contributed by atoms with van der Waals surface area (Å²) in [6, 6.07) is 0. The smallest absolute Gasteiger partial charge is 0.224 e. The van der Waals surface area contributed by atoms with E-state index in [4.69, 9.17) is 5.41 Å². The van der Waals surface area contributed by atoms with E-state index in [0.717, 1.165) is 0 Å². The van der Waals surface area contributed by atoms with Crippen LogP contribution < -0.4 is 5.73 Å². The van der Waals surface area contributed by atoms with Crippen LogP contribution in [0.25, 0.3) is 0 Å². The third kappa shape index (κ3) is 3.49. The molecule has 0 saturated heterocycles. The Morgan fingerprint density at radius 2 is 2.20 bits per heavy atom. The molecule has 3 N–H and O–H groups in total. The summed E-state index contributed by atoms with van der Waals surface area (Å²) in [6.07, 6.45) is 0. The zero-order chi connectivity index (χ0) is 4.28. The first-order valence-electron chi connectivity index (χ1n) is 0.945. The summed E-state index contributed by atoms with van der Waals surface area (Å²) in [4.78, 5) is 0. The lowest BCUT2D eigenvalue weighted by Crippen LogP contribution is -2.02. The largest absolute Gasteiger partial charge is 0.368 e. The highest BCUT2D eigenvalue weighted by Crippen LogP contribution is 1.50. The number of nitrogens with two attached hydrogens (primary N) is 1. The van der Waals surface area contributed by atoms with Gasteiger partial charge in [-0.25, -0.2) is 0 Å². The van der Waals surface area contributed by atoms with Gasteiger partial charge in [0, 0.05) is 12.4 Å². The van der Waals surface area contributed by atoms with Crippen molar-refractivity contribution in [3.05, 3.63) is 0 Å². The lowest BCUT2D eigenvalue weighted by Gasteiger charge is -1.68. The number of nitrogens with zero attached hydrogens (tertiary/aromatic N) is 1. The number of hydrogen-bond acceptors (Lipinski definition) is 2. The Labute approximate surface area is 34.9 Å². The van der Waals surface area contributed by atoms with Crippen molar-refractivity contribution in [3.63, 3.8) is 0 Å². The Morgan fingerprint density at radius 1 is 2.00 bits per heavy atom. The Balaban J connectivity index is 3.20. The highest BCUT2D eigenvalue weighted by molar-refractivity contribution is 7.47. The van der Waals surface area contributed by atoms with Gasteiger partial charge in [0.25, 0.3) is 0 Å². The molecule has 28 valence electrons. The second-order valence-electron chi connectivity index (χ2n) is 0.477. The van der Waals surface area contributed by atoms with E-state index >= 15 is 0 Å². The van der Waals surface area contributed by atoms with Crippen molar-refractivity contribution in [2.24, 2.45) is 10.1 Å². The molecule has 0 radical (unpaired) electrons. The van der Waals surface area contributed by atoms with E-state index in [-0.39, 0.29) is 5.96 Å². The van der Waals surface area contributed by atoms with Gasteiger partial charge >= 0.3 is 0 Å². The first kappa shape index (κ1) is 4.49. The number of nitrogens with one attached hydrogen (secondary N) is 1. The maximum Gasteiger partial charge on any atom is 0.224 e. The van der Waals surface area contributed by atoms with Gasteiger partial charge in [-0.3, -0.25) is 5.41 Å². The lowest BCUT2D eigenvalue weighted by molar-refractivity contribution is 1.40. The van der Waals surface area contributed by atoms with Crippen molar-refractivity contribution in [1.29, 1.82) is 5.41 Å². The second kappa shape index (κ2) is 1.78. The summed E-state index contributed by atoms with van der Waals surface area (Å²) in [5.41, 5.74) is 4.60. The molecule has 0 unspecified atom stereocenters. The van der Waals surface area contributed by atoms with Crippen molar-refractivity contribution in [3.8, 4) is 0 Å². The van der Waals surface area contributed by atoms with Crippen LogP contribution >= 0.6 is 0 Å². The molecule has 0 aliphatic heterocycles. The van der Waals surface area contributed by atoms with E-state index in [1.54, 1.807) is 0 Å². The minimum Gasteiger partial charge on any atom is -0.368 e. The lowest BCUT2D eigenvalue weighted by atomic mass is 11.1. The van der Waals surface area contributed by atoms with Gasteiger partial charge in [0.05, 0.1) is 0 Å². The number of hydrogen-bond donors (Lipinski definition) is 2. The zero-order valence-corrected chi connectivity index (χ0v) is 3.25. The standard InChI is InChI=1S/CH3N3S/c2-1(3)4-5/h(H3,2,3). The topological polar surface area (TPSA) is 62.2 Å².